The van der Waals surface area contributed by atoms with E-state index in [-0.39, 0.29) is 17.4 Å². The smallest absolute Gasteiger partial charge is 0.313 e. The van der Waals surface area contributed by atoms with Crippen molar-refractivity contribution in [3.05, 3.63) is 17.0 Å². The maximum Gasteiger partial charge on any atom is 0.313 e. The fourth-order valence-corrected chi connectivity index (χ4v) is 2.18. The highest BCUT2D eigenvalue weighted by Crippen LogP contribution is 2.22. The summed E-state index contributed by atoms with van der Waals surface area (Å²) in [5, 5.41) is 21.8. The van der Waals surface area contributed by atoms with Gasteiger partial charge in [0.1, 0.15) is 11.1 Å². The summed E-state index contributed by atoms with van der Waals surface area (Å²) in [4.78, 5) is 21.5. The lowest BCUT2D eigenvalue weighted by Crippen LogP contribution is -2.15. The van der Waals surface area contributed by atoms with Gasteiger partial charge in [0, 0.05) is 0 Å². The molecule has 5 nitrogen and oxygen atoms in total. The van der Waals surface area contributed by atoms with Gasteiger partial charge in [0.2, 0.25) is 5.91 Å². The first-order valence-corrected chi connectivity index (χ1v) is 6.24. The highest BCUT2D eigenvalue weighted by Gasteiger charge is 2.08. The van der Waals surface area contributed by atoms with Gasteiger partial charge in [-0.2, -0.15) is 5.26 Å². The van der Waals surface area contributed by atoms with E-state index in [1.165, 1.54) is 11.3 Å². The number of hydrogen-bond acceptors (Lipinski definition) is 5. The second-order valence-corrected chi connectivity index (χ2v) is 4.61. The van der Waals surface area contributed by atoms with E-state index in [1.54, 1.807) is 11.4 Å². The molecule has 2 N–H and O–H groups in total. The average Bonchev–Trinajstić information content (AvgIpc) is 2.64. The van der Waals surface area contributed by atoms with Crippen LogP contribution in [0.5, 0.6) is 0 Å². The zero-order chi connectivity index (χ0) is 12.0. The Kier molecular flexibility index (Phi) is 4.82. The minimum Gasteiger partial charge on any atom is -0.481 e. The molecule has 84 valence electrons. The Bertz CT molecular complexity index is 436. The van der Waals surface area contributed by atoms with Crippen LogP contribution >= 0.6 is 23.1 Å². The van der Waals surface area contributed by atoms with Gasteiger partial charge in [0.05, 0.1) is 17.1 Å². The van der Waals surface area contributed by atoms with Crippen molar-refractivity contribution in [1.82, 2.24) is 0 Å². The molecular formula is C9H8N2O3S2. The lowest BCUT2D eigenvalue weighted by molar-refractivity contribution is -0.133. The van der Waals surface area contributed by atoms with Gasteiger partial charge in [-0.3, -0.25) is 9.59 Å². The van der Waals surface area contributed by atoms with E-state index in [0.717, 1.165) is 11.8 Å². The van der Waals surface area contributed by atoms with E-state index < -0.39 is 5.97 Å². The standard InChI is InChI=1S/C9H8N2O3S2/c10-3-6-1-2-16-9(6)11-7(12)4-15-5-8(13)14/h1-2H,4-5H2,(H,11,12)(H,13,14). The highest BCUT2D eigenvalue weighted by molar-refractivity contribution is 8.00. The van der Waals surface area contributed by atoms with Crippen molar-refractivity contribution in [2.75, 3.05) is 16.8 Å². The summed E-state index contributed by atoms with van der Waals surface area (Å²) in [6, 6.07) is 3.57. The van der Waals surface area contributed by atoms with Crippen LogP contribution in [0.25, 0.3) is 0 Å². The molecule has 0 aliphatic heterocycles. The van der Waals surface area contributed by atoms with Crippen LogP contribution in [0, 0.1) is 11.3 Å². The molecule has 0 aliphatic rings. The number of aliphatic carboxylic acids is 1. The Balaban J connectivity index is 2.40. The second kappa shape index (κ2) is 6.15. The zero-order valence-electron chi connectivity index (χ0n) is 8.10. The molecule has 0 saturated heterocycles. The molecule has 7 heteroatoms. The first kappa shape index (κ1) is 12.5. The molecule has 0 unspecified atom stereocenters. The van der Waals surface area contributed by atoms with Crippen molar-refractivity contribution in [1.29, 1.82) is 5.26 Å². The van der Waals surface area contributed by atoms with Crippen molar-refractivity contribution in [2.24, 2.45) is 0 Å². The van der Waals surface area contributed by atoms with E-state index in [9.17, 15) is 9.59 Å². The highest BCUT2D eigenvalue weighted by atomic mass is 32.2. The monoisotopic (exact) mass is 256 g/mol. The quantitative estimate of drug-likeness (QED) is 0.830. The molecule has 1 rings (SSSR count). The molecule has 1 aromatic heterocycles. The summed E-state index contributed by atoms with van der Waals surface area (Å²) < 4.78 is 0. The SMILES string of the molecule is N#Cc1ccsc1NC(=O)CSCC(=O)O. The Morgan fingerprint density at radius 3 is 2.94 bits per heavy atom. The van der Waals surface area contributed by atoms with Crippen LogP contribution in [-0.4, -0.2) is 28.5 Å². The summed E-state index contributed by atoms with van der Waals surface area (Å²) in [7, 11) is 0. The second-order valence-electron chi connectivity index (χ2n) is 2.71. The Morgan fingerprint density at radius 2 is 2.31 bits per heavy atom. The fraction of sp³-hybridized carbons (Fsp3) is 0.222. The molecule has 0 bridgehead atoms. The van der Waals surface area contributed by atoms with E-state index in [2.05, 4.69) is 5.32 Å². The number of carboxylic acids is 1. The molecule has 0 saturated carbocycles. The number of rotatable bonds is 5. The molecule has 0 aromatic carbocycles. The van der Waals surface area contributed by atoms with E-state index in [1.807, 2.05) is 6.07 Å². The third-order valence-corrected chi connectivity index (χ3v) is 3.24. The van der Waals surface area contributed by atoms with Crippen molar-refractivity contribution < 1.29 is 14.7 Å². The van der Waals surface area contributed by atoms with Crippen LogP contribution in [0.2, 0.25) is 0 Å². The number of hydrogen-bond donors (Lipinski definition) is 2. The van der Waals surface area contributed by atoms with Gasteiger partial charge in [-0.15, -0.1) is 23.1 Å². The van der Waals surface area contributed by atoms with E-state index in [4.69, 9.17) is 10.4 Å². The summed E-state index contributed by atoms with van der Waals surface area (Å²) in [6.07, 6.45) is 0. The topological polar surface area (TPSA) is 90.2 Å². The number of carbonyl (C=O) groups excluding carboxylic acids is 1. The van der Waals surface area contributed by atoms with E-state index >= 15 is 0 Å². The van der Waals surface area contributed by atoms with E-state index in [0.29, 0.717) is 10.6 Å². The predicted octanol–water partition coefficient (Wildman–Crippen LogP) is 1.38. The molecule has 0 fully saturated rings. The molecule has 1 heterocycles. The molecule has 16 heavy (non-hydrogen) atoms. The number of thioether (sulfide) groups is 1. The summed E-state index contributed by atoms with van der Waals surface area (Å²) >= 11 is 2.28. The number of nitrogens with one attached hydrogen (secondary N) is 1. The molecule has 0 spiro atoms. The van der Waals surface area contributed by atoms with Gasteiger partial charge in [-0.1, -0.05) is 0 Å². The van der Waals surface area contributed by atoms with Gasteiger partial charge in [-0.25, -0.2) is 0 Å². The third kappa shape index (κ3) is 3.92. The van der Waals surface area contributed by atoms with Crippen molar-refractivity contribution in [3.8, 4) is 6.07 Å². The number of thiophene rings is 1. The van der Waals surface area contributed by atoms with Crippen LogP contribution in [0.15, 0.2) is 11.4 Å². The fourth-order valence-electron chi connectivity index (χ4n) is 0.888. The van der Waals surface area contributed by atoms with Crippen molar-refractivity contribution >= 4 is 40.0 Å². The third-order valence-electron chi connectivity index (χ3n) is 1.50. The number of carboxylic acid groups (broad SMARTS) is 1. The number of carbonyl (C=O) groups is 2. The van der Waals surface area contributed by atoms with Crippen molar-refractivity contribution in [2.45, 2.75) is 0 Å². The zero-order valence-corrected chi connectivity index (χ0v) is 9.73. The number of nitriles is 1. The Hall–Kier alpha value is -1.52. The normalized spacial score (nSPS) is 9.44. The summed E-state index contributed by atoms with van der Waals surface area (Å²) in [5.41, 5.74) is 0.418. The molecule has 1 aromatic rings. The number of anilines is 1. The first-order valence-electron chi connectivity index (χ1n) is 4.20. The van der Waals surface area contributed by atoms with Gasteiger partial charge in [-0.05, 0) is 11.4 Å². The van der Waals surface area contributed by atoms with Crippen LogP contribution in [0.3, 0.4) is 0 Å². The first-order chi connectivity index (χ1) is 7.63. The molecular weight excluding hydrogens is 248 g/mol. The minimum atomic E-state index is -0.952. The predicted molar refractivity (Wildman–Crippen MR) is 62.6 cm³/mol. The lowest BCUT2D eigenvalue weighted by Gasteiger charge is -2.01. The maximum absolute atomic E-state index is 11.3. The Morgan fingerprint density at radius 1 is 1.56 bits per heavy atom. The molecule has 1 amide bonds. The maximum atomic E-state index is 11.3. The van der Waals surface area contributed by atoms with Gasteiger partial charge < -0.3 is 10.4 Å². The summed E-state index contributed by atoms with van der Waals surface area (Å²) in [5.74, 6) is -1.30. The van der Waals surface area contributed by atoms with Crippen LogP contribution in [0.4, 0.5) is 5.00 Å². The number of nitrogens with zero attached hydrogens (tertiary/aromatic N) is 1. The number of amides is 1. The minimum absolute atomic E-state index is 0.0646. The molecule has 0 aliphatic carbocycles. The molecule has 0 radical (unpaired) electrons. The van der Waals surface area contributed by atoms with Crippen LogP contribution in [0.1, 0.15) is 5.56 Å². The average molecular weight is 256 g/mol. The van der Waals surface area contributed by atoms with Gasteiger partial charge >= 0.3 is 5.97 Å². The Labute approximate surface area is 100 Å². The van der Waals surface area contributed by atoms with Gasteiger partial charge in [0.25, 0.3) is 0 Å². The summed E-state index contributed by atoms with van der Waals surface area (Å²) in [6.45, 7) is 0. The van der Waals surface area contributed by atoms with Gasteiger partial charge in [0.15, 0.2) is 0 Å². The van der Waals surface area contributed by atoms with Crippen LogP contribution < -0.4 is 5.32 Å². The lowest BCUT2D eigenvalue weighted by atomic mass is 10.3. The van der Waals surface area contributed by atoms with Crippen molar-refractivity contribution in [3.63, 3.8) is 0 Å². The largest absolute Gasteiger partial charge is 0.481 e. The van der Waals surface area contributed by atoms with Crippen LogP contribution in [-0.2, 0) is 9.59 Å². The molecule has 0 atom stereocenters.